The van der Waals surface area contributed by atoms with Gasteiger partial charge >= 0.3 is 5.97 Å². The summed E-state index contributed by atoms with van der Waals surface area (Å²) in [5, 5.41) is 0.425. The zero-order chi connectivity index (χ0) is 16.8. The van der Waals surface area contributed by atoms with Crippen molar-refractivity contribution in [2.75, 3.05) is 12.4 Å². The van der Waals surface area contributed by atoms with Gasteiger partial charge in [0.05, 0.1) is 12.2 Å². The van der Waals surface area contributed by atoms with Gasteiger partial charge in [0.25, 0.3) is 0 Å². The molecule has 3 rings (SSSR count). The molecule has 0 N–H and O–H groups in total. The van der Waals surface area contributed by atoms with Gasteiger partial charge in [-0.1, -0.05) is 60.2 Å². The number of carbonyl (C=O) groups excluding carboxylic acids is 1. The van der Waals surface area contributed by atoms with Crippen LogP contribution in [0, 0.1) is 5.92 Å². The number of rotatable bonds is 5. The molecule has 0 aromatic heterocycles. The molecule has 2 atom stereocenters. The molecule has 1 aliphatic rings. The normalized spacial score (nSPS) is 20.8. The van der Waals surface area contributed by atoms with Crippen LogP contribution in [0.1, 0.15) is 29.3 Å². The van der Waals surface area contributed by atoms with E-state index in [4.69, 9.17) is 4.74 Å². The summed E-state index contributed by atoms with van der Waals surface area (Å²) in [6.07, 6.45) is 3.34. The molecule has 2 aromatic rings. The fourth-order valence-electron chi connectivity index (χ4n) is 3.04. The van der Waals surface area contributed by atoms with E-state index in [1.807, 2.05) is 36.0 Å². The molecule has 3 heteroatoms. The van der Waals surface area contributed by atoms with Crippen LogP contribution in [0.25, 0.3) is 6.08 Å². The number of hydrogen-bond acceptors (Lipinski definition) is 3. The van der Waals surface area contributed by atoms with Crippen molar-refractivity contribution >= 4 is 23.8 Å². The highest BCUT2D eigenvalue weighted by molar-refractivity contribution is 8.00. The molecule has 1 aliphatic heterocycles. The molecule has 0 radical (unpaired) electrons. The van der Waals surface area contributed by atoms with Crippen LogP contribution < -0.4 is 0 Å². The summed E-state index contributed by atoms with van der Waals surface area (Å²) < 4.78 is 5.56. The topological polar surface area (TPSA) is 26.3 Å². The maximum Gasteiger partial charge on any atom is 0.338 e. The first-order valence-electron chi connectivity index (χ1n) is 8.31. The predicted octanol–water partition coefficient (Wildman–Crippen LogP) is 5.07. The van der Waals surface area contributed by atoms with E-state index in [0.717, 1.165) is 12.2 Å². The maximum atomic E-state index is 12.1. The summed E-state index contributed by atoms with van der Waals surface area (Å²) >= 11 is 1.97. The monoisotopic (exact) mass is 338 g/mol. The molecule has 0 spiro atoms. The molecule has 0 aliphatic carbocycles. The molecule has 1 fully saturated rings. The Morgan fingerprint density at radius 1 is 1.12 bits per heavy atom. The van der Waals surface area contributed by atoms with E-state index in [9.17, 15) is 4.79 Å². The molecular formula is C21H22O2S. The summed E-state index contributed by atoms with van der Waals surface area (Å²) in [6, 6.07) is 19.6. The minimum Gasteiger partial charge on any atom is -0.462 e. The standard InChI is InChI=1S/C21H22O2S/c1-16(14-17-8-4-2-5-9-17)20-19(12-13-24-20)15-23-21(22)18-10-6-3-7-11-18/h2-11,14,19-20H,12-13,15H2,1H3/b16-14+. The number of hydrogen-bond donors (Lipinski definition) is 0. The first-order valence-corrected chi connectivity index (χ1v) is 9.36. The van der Waals surface area contributed by atoms with Gasteiger partial charge in [-0.05, 0) is 36.8 Å². The molecule has 2 nitrogen and oxygen atoms in total. The molecule has 1 heterocycles. The van der Waals surface area contributed by atoms with Crippen LogP contribution in [-0.4, -0.2) is 23.6 Å². The Kier molecular flexibility index (Phi) is 5.76. The van der Waals surface area contributed by atoms with Crippen LogP contribution in [0.15, 0.2) is 66.2 Å². The lowest BCUT2D eigenvalue weighted by atomic mass is 9.97. The van der Waals surface area contributed by atoms with E-state index >= 15 is 0 Å². The summed E-state index contributed by atoms with van der Waals surface area (Å²) in [5.41, 5.74) is 3.20. The van der Waals surface area contributed by atoms with Gasteiger partial charge in [0.2, 0.25) is 0 Å². The quantitative estimate of drug-likeness (QED) is 0.712. The predicted molar refractivity (Wildman–Crippen MR) is 101 cm³/mol. The lowest BCUT2D eigenvalue weighted by Gasteiger charge is -2.19. The number of ether oxygens (including phenoxy) is 1. The van der Waals surface area contributed by atoms with Crippen LogP contribution >= 0.6 is 11.8 Å². The Balaban J connectivity index is 1.61. The van der Waals surface area contributed by atoms with Gasteiger partial charge in [-0.3, -0.25) is 0 Å². The van der Waals surface area contributed by atoms with E-state index < -0.39 is 0 Å². The van der Waals surface area contributed by atoms with Crippen molar-refractivity contribution in [3.8, 4) is 0 Å². The zero-order valence-electron chi connectivity index (χ0n) is 13.9. The van der Waals surface area contributed by atoms with Crippen LogP contribution in [0.3, 0.4) is 0 Å². The summed E-state index contributed by atoms with van der Waals surface area (Å²) in [7, 11) is 0. The van der Waals surface area contributed by atoms with Crippen molar-refractivity contribution in [2.45, 2.75) is 18.6 Å². The largest absolute Gasteiger partial charge is 0.462 e. The Morgan fingerprint density at radius 3 is 2.50 bits per heavy atom. The van der Waals surface area contributed by atoms with Crippen molar-refractivity contribution in [2.24, 2.45) is 5.92 Å². The second kappa shape index (κ2) is 8.20. The van der Waals surface area contributed by atoms with E-state index in [2.05, 4.69) is 37.3 Å². The number of carbonyl (C=O) groups is 1. The van der Waals surface area contributed by atoms with Crippen LogP contribution in [0.2, 0.25) is 0 Å². The Bertz CT molecular complexity index is 694. The van der Waals surface area contributed by atoms with Crippen LogP contribution in [0.5, 0.6) is 0 Å². The molecule has 24 heavy (non-hydrogen) atoms. The second-order valence-corrected chi connectivity index (χ2v) is 7.35. The maximum absolute atomic E-state index is 12.1. The average Bonchev–Trinajstić information content (AvgIpc) is 3.10. The summed E-state index contributed by atoms with van der Waals surface area (Å²) in [5.74, 6) is 1.29. The zero-order valence-corrected chi connectivity index (χ0v) is 14.7. The first-order chi connectivity index (χ1) is 11.7. The minimum absolute atomic E-state index is 0.226. The Labute approximate surface area is 147 Å². The molecule has 0 bridgehead atoms. The fourth-order valence-corrected chi connectivity index (χ4v) is 4.55. The van der Waals surface area contributed by atoms with Gasteiger partial charge in [-0.25, -0.2) is 4.79 Å². The van der Waals surface area contributed by atoms with Gasteiger partial charge in [0, 0.05) is 11.2 Å². The average molecular weight is 338 g/mol. The van der Waals surface area contributed by atoms with E-state index in [-0.39, 0.29) is 5.97 Å². The SMILES string of the molecule is C/C(=C\c1ccccc1)C1SCCC1COC(=O)c1ccccc1. The van der Waals surface area contributed by atoms with Gasteiger partial charge in [-0.15, -0.1) is 0 Å². The van der Waals surface area contributed by atoms with Gasteiger partial charge in [0.15, 0.2) is 0 Å². The lowest BCUT2D eigenvalue weighted by Crippen LogP contribution is -2.21. The number of benzene rings is 2. The van der Waals surface area contributed by atoms with Crippen molar-refractivity contribution in [3.63, 3.8) is 0 Å². The third-order valence-corrected chi connectivity index (χ3v) is 5.88. The molecule has 2 unspecified atom stereocenters. The second-order valence-electron chi connectivity index (χ2n) is 6.10. The highest BCUT2D eigenvalue weighted by atomic mass is 32.2. The van der Waals surface area contributed by atoms with Crippen molar-refractivity contribution in [1.29, 1.82) is 0 Å². The van der Waals surface area contributed by atoms with Gasteiger partial charge < -0.3 is 4.74 Å². The van der Waals surface area contributed by atoms with Gasteiger partial charge in [-0.2, -0.15) is 11.8 Å². The third-order valence-electron chi connectivity index (χ3n) is 4.29. The first kappa shape index (κ1) is 16.8. The Morgan fingerprint density at radius 2 is 1.79 bits per heavy atom. The molecule has 2 aromatic carbocycles. The summed E-state index contributed by atoms with van der Waals surface area (Å²) in [6.45, 7) is 2.67. The van der Waals surface area contributed by atoms with E-state index in [1.165, 1.54) is 11.1 Å². The lowest BCUT2D eigenvalue weighted by molar-refractivity contribution is 0.0444. The minimum atomic E-state index is -0.226. The van der Waals surface area contributed by atoms with E-state index in [1.54, 1.807) is 12.1 Å². The highest BCUT2D eigenvalue weighted by Crippen LogP contribution is 2.37. The number of thioether (sulfide) groups is 1. The van der Waals surface area contributed by atoms with Crippen molar-refractivity contribution < 1.29 is 9.53 Å². The van der Waals surface area contributed by atoms with Crippen molar-refractivity contribution in [3.05, 3.63) is 77.4 Å². The molecule has 0 saturated carbocycles. The molecule has 0 amide bonds. The fraction of sp³-hybridized carbons (Fsp3) is 0.286. The molecule has 124 valence electrons. The smallest absolute Gasteiger partial charge is 0.338 e. The third kappa shape index (κ3) is 4.30. The molecular weight excluding hydrogens is 316 g/mol. The summed E-state index contributed by atoms with van der Waals surface area (Å²) in [4.78, 5) is 12.1. The van der Waals surface area contributed by atoms with Crippen LogP contribution in [-0.2, 0) is 4.74 Å². The molecule has 1 saturated heterocycles. The Hall–Kier alpha value is -2.00. The van der Waals surface area contributed by atoms with Crippen LogP contribution in [0.4, 0.5) is 0 Å². The number of esters is 1. The van der Waals surface area contributed by atoms with Crippen molar-refractivity contribution in [1.82, 2.24) is 0 Å². The van der Waals surface area contributed by atoms with E-state index in [0.29, 0.717) is 23.3 Å². The highest BCUT2D eigenvalue weighted by Gasteiger charge is 2.30. The van der Waals surface area contributed by atoms with Gasteiger partial charge in [0.1, 0.15) is 0 Å².